The van der Waals surface area contributed by atoms with E-state index in [4.69, 9.17) is 5.53 Å². The minimum atomic E-state index is -0.0612. The van der Waals surface area contributed by atoms with Crippen LogP contribution in [0.2, 0.25) is 0 Å². The third-order valence-electron chi connectivity index (χ3n) is 1.16. The van der Waals surface area contributed by atoms with Crippen LogP contribution >= 0.6 is 0 Å². The Balaban J connectivity index is 3.48. The van der Waals surface area contributed by atoms with Gasteiger partial charge in [-0.3, -0.25) is 0 Å². The van der Waals surface area contributed by atoms with E-state index in [-0.39, 0.29) is 11.8 Å². The van der Waals surface area contributed by atoms with Crippen LogP contribution < -0.4 is 0 Å². The van der Waals surface area contributed by atoms with Gasteiger partial charge in [-0.25, -0.2) is 0 Å². The zero-order valence-corrected chi connectivity index (χ0v) is 6.24. The van der Waals surface area contributed by atoms with Gasteiger partial charge >= 0.3 is 0 Å². The number of nitrogens with zero attached hydrogens (tertiary/aromatic N) is 3. The largest absolute Gasteiger partial charge is 0.300 e. The summed E-state index contributed by atoms with van der Waals surface area (Å²) in [6, 6.07) is -0.0612. The van der Waals surface area contributed by atoms with Crippen molar-refractivity contribution in [1.29, 1.82) is 0 Å². The van der Waals surface area contributed by atoms with E-state index in [2.05, 4.69) is 10.0 Å². The number of rotatable bonds is 4. The van der Waals surface area contributed by atoms with Gasteiger partial charge in [0.2, 0.25) is 0 Å². The van der Waals surface area contributed by atoms with Crippen molar-refractivity contribution in [2.75, 3.05) is 0 Å². The first-order chi connectivity index (χ1) is 4.66. The van der Waals surface area contributed by atoms with Crippen LogP contribution in [0.15, 0.2) is 5.11 Å². The molecule has 0 saturated carbocycles. The summed E-state index contributed by atoms with van der Waals surface area (Å²) < 4.78 is 0. The number of hydrogen-bond donors (Lipinski definition) is 0. The van der Waals surface area contributed by atoms with Crippen LogP contribution in [0.1, 0.15) is 26.7 Å². The Morgan fingerprint density at radius 3 is 2.80 bits per heavy atom. The molecule has 0 aliphatic carbocycles. The molecule has 1 atom stereocenters. The van der Waals surface area contributed by atoms with Crippen LogP contribution in [-0.4, -0.2) is 11.8 Å². The summed E-state index contributed by atoms with van der Waals surface area (Å²) in [4.78, 5) is 13.0. The summed E-state index contributed by atoms with van der Waals surface area (Å²) in [5.41, 5.74) is 7.98. The molecule has 0 rings (SSSR count). The van der Waals surface area contributed by atoms with Gasteiger partial charge < -0.3 is 4.79 Å². The highest BCUT2D eigenvalue weighted by Crippen LogP contribution is 2.00. The summed E-state index contributed by atoms with van der Waals surface area (Å²) in [5.74, 6) is 0.139. The molecule has 4 heteroatoms. The van der Waals surface area contributed by atoms with Crippen molar-refractivity contribution in [3.8, 4) is 0 Å². The quantitative estimate of drug-likeness (QED) is 0.335. The second-order valence-electron chi connectivity index (χ2n) is 2.29. The zero-order valence-electron chi connectivity index (χ0n) is 6.24. The minimum Gasteiger partial charge on any atom is -0.300 e. The van der Waals surface area contributed by atoms with Gasteiger partial charge in [0.15, 0.2) is 0 Å². The lowest BCUT2D eigenvalue weighted by Gasteiger charge is -1.99. The van der Waals surface area contributed by atoms with Crippen LogP contribution in [0.3, 0.4) is 0 Å². The van der Waals surface area contributed by atoms with E-state index in [1.54, 1.807) is 6.92 Å². The Morgan fingerprint density at radius 1 is 1.80 bits per heavy atom. The van der Waals surface area contributed by atoms with Crippen LogP contribution in [-0.2, 0) is 4.79 Å². The smallest absolute Gasteiger partial charge is 0.129 e. The fourth-order valence-electron chi connectivity index (χ4n) is 0.558. The molecule has 0 spiro atoms. The molecule has 0 bridgehead atoms. The lowest BCUT2D eigenvalue weighted by atomic mass is 10.1. The fraction of sp³-hybridized carbons (Fsp3) is 0.833. The molecule has 0 amide bonds. The number of ketones is 1. The normalized spacial score (nSPS) is 11.8. The number of azide groups is 1. The molecule has 0 N–H and O–H groups in total. The van der Waals surface area contributed by atoms with Gasteiger partial charge in [-0.05, 0) is 18.9 Å². The molecule has 0 radical (unpaired) electrons. The molecule has 0 aliphatic heterocycles. The molecular formula is C6H11N3O. The van der Waals surface area contributed by atoms with Crippen LogP contribution in [0.4, 0.5) is 0 Å². The van der Waals surface area contributed by atoms with Crippen molar-refractivity contribution in [2.24, 2.45) is 5.11 Å². The maximum absolute atomic E-state index is 10.4. The highest BCUT2D eigenvalue weighted by Gasteiger charge is 1.99. The standard InChI is InChI=1S/C6H11N3O/c1-5(8-9-7)3-4-6(2)10/h5H,3-4H2,1-2H3. The average molecular weight is 141 g/mol. The Bertz CT molecular complexity index is 160. The highest BCUT2D eigenvalue weighted by atomic mass is 16.1. The average Bonchev–Trinajstić information content (AvgIpc) is 1.85. The van der Waals surface area contributed by atoms with Gasteiger partial charge in [-0.2, -0.15) is 0 Å². The van der Waals surface area contributed by atoms with E-state index in [0.717, 1.165) is 0 Å². The predicted octanol–water partition coefficient (Wildman–Crippen LogP) is 2.05. The molecule has 0 aromatic carbocycles. The monoisotopic (exact) mass is 141 g/mol. The maximum Gasteiger partial charge on any atom is 0.129 e. The van der Waals surface area contributed by atoms with E-state index < -0.39 is 0 Å². The SMILES string of the molecule is CC(=O)CCC(C)N=[N+]=[N-]. The molecule has 0 aromatic heterocycles. The fourth-order valence-corrected chi connectivity index (χ4v) is 0.558. The molecule has 0 heterocycles. The first-order valence-corrected chi connectivity index (χ1v) is 3.20. The second kappa shape index (κ2) is 4.82. The van der Waals surface area contributed by atoms with Crippen molar-refractivity contribution in [1.82, 2.24) is 0 Å². The van der Waals surface area contributed by atoms with Crippen molar-refractivity contribution in [3.05, 3.63) is 10.4 Å². The Morgan fingerprint density at radius 2 is 2.40 bits per heavy atom. The Hall–Kier alpha value is -1.02. The lowest BCUT2D eigenvalue weighted by Crippen LogP contribution is -1.99. The molecule has 56 valence electrons. The highest BCUT2D eigenvalue weighted by molar-refractivity contribution is 5.75. The van der Waals surface area contributed by atoms with Crippen LogP contribution in [0, 0.1) is 0 Å². The minimum absolute atomic E-state index is 0.0612. The molecular weight excluding hydrogens is 130 g/mol. The first-order valence-electron chi connectivity index (χ1n) is 3.20. The van der Waals surface area contributed by atoms with Crippen LogP contribution in [0.5, 0.6) is 0 Å². The third-order valence-corrected chi connectivity index (χ3v) is 1.16. The summed E-state index contributed by atoms with van der Waals surface area (Å²) in [6.07, 6.45) is 1.15. The van der Waals surface area contributed by atoms with E-state index >= 15 is 0 Å². The van der Waals surface area contributed by atoms with E-state index in [9.17, 15) is 4.79 Å². The molecule has 0 aliphatic rings. The predicted molar refractivity (Wildman–Crippen MR) is 38.5 cm³/mol. The summed E-state index contributed by atoms with van der Waals surface area (Å²) in [6.45, 7) is 3.32. The molecule has 10 heavy (non-hydrogen) atoms. The Kier molecular flexibility index (Phi) is 4.33. The van der Waals surface area contributed by atoms with Gasteiger partial charge in [0.25, 0.3) is 0 Å². The van der Waals surface area contributed by atoms with Crippen molar-refractivity contribution in [2.45, 2.75) is 32.7 Å². The second-order valence-corrected chi connectivity index (χ2v) is 2.29. The zero-order chi connectivity index (χ0) is 7.98. The maximum atomic E-state index is 10.4. The van der Waals surface area contributed by atoms with Gasteiger partial charge in [0.05, 0.1) is 0 Å². The molecule has 0 fully saturated rings. The molecule has 0 aromatic rings. The number of hydrogen-bond acceptors (Lipinski definition) is 2. The number of carbonyl (C=O) groups excluding carboxylic acids is 1. The first kappa shape index (κ1) is 8.98. The van der Waals surface area contributed by atoms with Gasteiger partial charge in [-0.1, -0.05) is 12.0 Å². The van der Waals surface area contributed by atoms with E-state index in [1.165, 1.54) is 6.92 Å². The van der Waals surface area contributed by atoms with Gasteiger partial charge in [0, 0.05) is 17.4 Å². The van der Waals surface area contributed by atoms with E-state index in [1.807, 2.05) is 0 Å². The molecule has 0 saturated heterocycles. The van der Waals surface area contributed by atoms with Gasteiger partial charge in [0.1, 0.15) is 5.78 Å². The van der Waals surface area contributed by atoms with Crippen molar-refractivity contribution < 1.29 is 4.79 Å². The van der Waals surface area contributed by atoms with Crippen molar-refractivity contribution in [3.63, 3.8) is 0 Å². The number of carbonyl (C=O) groups is 1. The summed E-state index contributed by atoms with van der Waals surface area (Å²) in [5, 5.41) is 3.42. The molecule has 4 nitrogen and oxygen atoms in total. The van der Waals surface area contributed by atoms with Gasteiger partial charge in [-0.15, -0.1) is 0 Å². The molecule has 1 unspecified atom stereocenters. The van der Waals surface area contributed by atoms with Crippen LogP contribution in [0.25, 0.3) is 10.4 Å². The Labute approximate surface area is 59.9 Å². The lowest BCUT2D eigenvalue weighted by molar-refractivity contribution is -0.117. The number of Topliss-reactive ketones (excluding diaryl/α,β-unsaturated/α-hetero) is 1. The van der Waals surface area contributed by atoms with Crippen molar-refractivity contribution >= 4 is 5.78 Å². The topological polar surface area (TPSA) is 65.8 Å². The summed E-state index contributed by atoms with van der Waals surface area (Å²) in [7, 11) is 0. The summed E-state index contributed by atoms with van der Waals surface area (Å²) >= 11 is 0. The van der Waals surface area contributed by atoms with E-state index in [0.29, 0.717) is 12.8 Å². The third kappa shape index (κ3) is 5.12.